The van der Waals surface area contributed by atoms with Gasteiger partial charge in [0.05, 0.1) is 10.6 Å². The molecule has 3 rings (SSSR count). The van der Waals surface area contributed by atoms with Gasteiger partial charge in [0.15, 0.2) is 0 Å². The third-order valence-electron chi connectivity index (χ3n) is 5.96. The predicted molar refractivity (Wildman–Crippen MR) is 143 cm³/mol. The number of sulfonamides is 1. The Hall–Kier alpha value is -2.74. The SMILES string of the molecule is Cc1ccc(N(CC(C)C)S(=O)(=O)c2ccc(OC3CCN(C(=O)OC(C)(C)C)CC3)cc2)c(C)c1. The number of hydrogen-bond acceptors (Lipinski definition) is 5. The van der Waals surface area contributed by atoms with Crippen molar-refractivity contribution in [3.8, 4) is 5.75 Å². The summed E-state index contributed by atoms with van der Waals surface area (Å²) in [5.74, 6) is 0.779. The number of rotatable bonds is 7. The topological polar surface area (TPSA) is 76.2 Å². The van der Waals surface area contributed by atoms with E-state index in [2.05, 4.69) is 0 Å². The molecular formula is C28H40N2O5S. The van der Waals surface area contributed by atoms with Crippen molar-refractivity contribution in [2.24, 2.45) is 5.92 Å². The lowest BCUT2D eigenvalue weighted by atomic mass is 10.1. The van der Waals surface area contributed by atoms with Gasteiger partial charge in [-0.15, -0.1) is 0 Å². The van der Waals surface area contributed by atoms with Crippen LogP contribution in [0.1, 0.15) is 58.6 Å². The number of anilines is 1. The van der Waals surface area contributed by atoms with E-state index in [4.69, 9.17) is 9.47 Å². The Morgan fingerprint density at radius 1 is 1.06 bits per heavy atom. The molecule has 1 saturated heterocycles. The summed E-state index contributed by atoms with van der Waals surface area (Å²) >= 11 is 0. The van der Waals surface area contributed by atoms with Crippen molar-refractivity contribution in [2.45, 2.75) is 77.9 Å². The molecule has 36 heavy (non-hydrogen) atoms. The molecule has 1 aliphatic heterocycles. The van der Waals surface area contributed by atoms with Crippen LogP contribution in [-0.4, -0.2) is 50.8 Å². The summed E-state index contributed by atoms with van der Waals surface area (Å²) in [6, 6.07) is 12.5. The fourth-order valence-corrected chi connectivity index (χ4v) is 5.93. The molecule has 0 aliphatic carbocycles. The summed E-state index contributed by atoms with van der Waals surface area (Å²) in [5, 5.41) is 0. The Morgan fingerprint density at radius 3 is 2.19 bits per heavy atom. The highest BCUT2D eigenvalue weighted by Gasteiger charge is 2.29. The van der Waals surface area contributed by atoms with Gasteiger partial charge in [-0.3, -0.25) is 4.31 Å². The van der Waals surface area contributed by atoms with Crippen LogP contribution in [0.2, 0.25) is 0 Å². The second-order valence-electron chi connectivity index (χ2n) is 11.0. The van der Waals surface area contributed by atoms with Crippen LogP contribution in [0.3, 0.4) is 0 Å². The van der Waals surface area contributed by atoms with E-state index in [-0.39, 0.29) is 23.0 Å². The molecule has 1 fully saturated rings. The summed E-state index contributed by atoms with van der Waals surface area (Å²) in [6.45, 7) is 15.0. The number of carbonyl (C=O) groups excluding carboxylic acids is 1. The van der Waals surface area contributed by atoms with Crippen LogP contribution in [0.15, 0.2) is 47.4 Å². The molecule has 7 nitrogen and oxygen atoms in total. The molecule has 8 heteroatoms. The molecule has 0 saturated carbocycles. The lowest BCUT2D eigenvalue weighted by Gasteiger charge is -2.33. The molecule has 0 N–H and O–H groups in total. The van der Waals surface area contributed by atoms with E-state index < -0.39 is 15.6 Å². The third kappa shape index (κ3) is 7.15. The smallest absolute Gasteiger partial charge is 0.410 e. The first kappa shape index (κ1) is 27.8. The van der Waals surface area contributed by atoms with Crippen LogP contribution in [0.5, 0.6) is 5.75 Å². The molecule has 0 aromatic heterocycles. The number of likely N-dealkylation sites (tertiary alicyclic amines) is 1. The highest BCUT2D eigenvalue weighted by molar-refractivity contribution is 7.92. The van der Waals surface area contributed by atoms with Gasteiger partial charge in [0, 0.05) is 32.5 Å². The van der Waals surface area contributed by atoms with E-state index in [1.165, 1.54) is 4.31 Å². The third-order valence-corrected chi connectivity index (χ3v) is 7.75. The number of nitrogens with zero attached hydrogens (tertiary/aromatic N) is 2. The maximum atomic E-state index is 13.6. The molecule has 198 valence electrons. The van der Waals surface area contributed by atoms with Gasteiger partial charge < -0.3 is 14.4 Å². The average Bonchev–Trinajstić information content (AvgIpc) is 2.77. The molecule has 2 aromatic rings. The largest absolute Gasteiger partial charge is 0.490 e. The molecule has 1 aliphatic rings. The standard InChI is InChI=1S/C28H40N2O5S/c1-20(2)19-30(26-13-8-21(3)18-22(26)4)36(32,33)25-11-9-23(10-12-25)34-24-14-16-29(17-15-24)27(31)35-28(5,6)7/h8-13,18,20,24H,14-17,19H2,1-7H3. The highest BCUT2D eigenvalue weighted by Crippen LogP contribution is 2.30. The van der Waals surface area contributed by atoms with Gasteiger partial charge in [0.1, 0.15) is 17.5 Å². The predicted octanol–water partition coefficient (Wildman–Crippen LogP) is 5.93. The lowest BCUT2D eigenvalue weighted by molar-refractivity contribution is 0.0126. The Kier molecular flexibility index (Phi) is 8.59. The summed E-state index contributed by atoms with van der Waals surface area (Å²) < 4.78 is 40.3. The quantitative estimate of drug-likeness (QED) is 0.456. The summed E-state index contributed by atoms with van der Waals surface area (Å²) in [7, 11) is -3.75. The Bertz CT molecular complexity index is 1150. The molecule has 0 radical (unpaired) electrons. The van der Waals surface area contributed by atoms with Crippen LogP contribution in [0.25, 0.3) is 0 Å². The zero-order valence-corrected chi connectivity index (χ0v) is 23.4. The highest BCUT2D eigenvalue weighted by atomic mass is 32.2. The molecule has 1 amide bonds. The summed E-state index contributed by atoms with van der Waals surface area (Å²) in [5.41, 5.74) is 2.20. The van der Waals surface area contributed by atoms with Crippen molar-refractivity contribution in [1.29, 1.82) is 0 Å². The Balaban J connectivity index is 1.69. The first-order valence-electron chi connectivity index (χ1n) is 12.6. The van der Waals surface area contributed by atoms with E-state index in [0.717, 1.165) is 11.1 Å². The first-order valence-corrected chi connectivity index (χ1v) is 14.0. The fraction of sp³-hybridized carbons (Fsp3) is 0.536. The number of carbonyl (C=O) groups is 1. The van der Waals surface area contributed by atoms with Crippen LogP contribution in [0.4, 0.5) is 10.5 Å². The number of hydrogen-bond donors (Lipinski definition) is 0. The summed E-state index contributed by atoms with van der Waals surface area (Å²) in [6.07, 6.45) is 1.03. The number of amides is 1. The minimum Gasteiger partial charge on any atom is -0.490 e. The zero-order valence-electron chi connectivity index (χ0n) is 22.6. The van der Waals surface area contributed by atoms with Gasteiger partial charge in [-0.25, -0.2) is 13.2 Å². The first-order chi connectivity index (χ1) is 16.8. The van der Waals surface area contributed by atoms with Crippen molar-refractivity contribution >= 4 is 21.8 Å². The summed E-state index contributed by atoms with van der Waals surface area (Å²) in [4.78, 5) is 14.2. The van der Waals surface area contributed by atoms with Gasteiger partial charge >= 0.3 is 6.09 Å². The molecule has 0 unspecified atom stereocenters. The van der Waals surface area contributed by atoms with Crippen molar-refractivity contribution in [2.75, 3.05) is 23.9 Å². The lowest BCUT2D eigenvalue weighted by Crippen LogP contribution is -2.44. The zero-order chi connectivity index (χ0) is 26.7. The fourth-order valence-electron chi connectivity index (χ4n) is 4.24. The van der Waals surface area contributed by atoms with Gasteiger partial charge in [0.2, 0.25) is 0 Å². The molecule has 2 aromatic carbocycles. The number of piperidine rings is 1. The maximum Gasteiger partial charge on any atom is 0.410 e. The number of aryl methyl sites for hydroxylation is 2. The molecule has 0 spiro atoms. The monoisotopic (exact) mass is 516 g/mol. The van der Waals surface area contributed by atoms with Crippen LogP contribution >= 0.6 is 0 Å². The minimum atomic E-state index is -3.75. The molecule has 0 bridgehead atoms. The van der Waals surface area contributed by atoms with E-state index in [9.17, 15) is 13.2 Å². The van der Waals surface area contributed by atoms with Gasteiger partial charge in [-0.2, -0.15) is 0 Å². The van der Waals surface area contributed by atoms with Crippen LogP contribution < -0.4 is 9.04 Å². The van der Waals surface area contributed by atoms with Crippen molar-refractivity contribution < 1.29 is 22.7 Å². The van der Waals surface area contributed by atoms with Crippen molar-refractivity contribution in [1.82, 2.24) is 4.90 Å². The Labute approximate surface area is 216 Å². The van der Waals surface area contributed by atoms with Crippen molar-refractivity contribution in [3.63, 3.8) is 0 Å². The Morgan fingerprint density at radius 2 is 1.67 bits per heavy atom. The minimum absolute atomic E-state index is 0.0428. The second-order valence-corrected chi connectivity index (χ2v) is 12.8. The van der Waals surface area contributed by atoms with E-state index in [1.807, 2.05) is 66.7 Å². The average molecular weight is 517 g/mol. The van der Waals surface area contributed by atoms with Gasteiger partial charge in [-0.05, 0) is 76.4 Å². The molecule has 0 atom stereocenters. The van der Waals surface area contributed by atoms with E-state index in [1.54, 1.807) is 29.2 Å². The number of ether oxygens (including phenoxy) is 2. The maximum absolute atomic E-state index is 13.6. The normalized spacial score (nSPS) is 15.2. The molecule has 1 heterocycles. The second kappa shape index (κ2) is 11.1. The van der Waals surface area contributed by atoms with Gasteiger partial charge in [0.25, 0.3) is 10.0 Å². The molecular weight excluding hydrogens is 476 g/mol. The number of benzene rings is 2. The van der Waals surface area contributed by atoms with E-state index >= 15 is 0 Å². The van der Waals surface area contributed by atoms with E-state index in [0.29, 0.717) is 43.9 Å². The van der Waals surface area contributed by atoms with Crippen LogP contribution in [-0.2, 0) is 14.8 Å². The van der Waals surface area contributed by atoms with Crippen molar-refractivity contribution in [3.05, 3.63) is 53.6 Å². The van der Waals surface area contributed by atoms with Gasteiger partial charge in [-0.1, -0.05) is 31.5 Å². The van der Waals surface area contributed by atoms with Crippen LogP contribution in [0, 0.1) is 19.8 Å².